The third-order valence-corrected chi connectivity index (χ3v) is 5.68. The molecule has 1 atom stereocenters. The van der Waals surface area contributed by atoms with Gasteiger partial charge in [0.05, 0.1) is 0 Å². The third-order valence-electron chi connectivity index (χ3n) is 3.30. The van der Waals surface area contributed by atoms with Crippen LogP contribution in [0.3, 0.4) is 0 Å². The van der Waals surface area contributed by atoms with Crippen LogP contribution in [0.25, 0.3) is 0 Å². The summed E-state index contributed by atoms with van der Waals surface area (Å²) in [5.41, 5.74) is 0. The second-order valence-corrected chi connectivity index (χ2v) is 7.39. The summed E-state index contributed by atoms with van der Waals surface area (Å²) in [6.07, 6.45) is 1.71. The van der Waals surface area contributed by atoms with Crippen molar-refractivity contribution in [2.45, 2.75) is 23.8 Å². The lowest BCUT2D eigenvalue weighted by Crippen LogP contribution is -2.47. The van der Waals surface area contributed by atoms with Gasteiger partial charge in [0.2, 0.25) is 10.0 Å². The van der Waals surface area contributed by atoms with E-state index in [1.54, 1.807) is 7.05 Å². The van der Waals surface area contributed by atoms with Gasteiger partial charge in [0, 0.05) is 23.6 Å². The predicted octanol–water partition coefficient (Wildman–Crippen LogP) is 2.38. The molecular formula is C12H17BrClFN2O2S. The van der Waals surface area contributed by atoms with Crippen molar-refractivity contribution >= 4 is 38.4 Å². The van der Waals surface area contributed by atoms with Gasteiger partial charge >= 0.3 is 0 Å². The summed E-state index contributed by atoms with van der Waals surface area (Å²) in [7, 11) is -1.96. The molecule has 20 heavy (non-hydrogen) atoms. The van der Waals surface area contributed by atoms with Gasteiger partial charge in [-0.1, -0.05) is 15.9 Å². The van der Waals surface area contributed by atoms with Gasteiger partial charge in [-0.15, -0.1) is 12.4 Å². The Morgan fingerprint density at radius 3 is 2.80 bits per heavy atom. The van der Waals surface area contributed by atoms with E-state index in [1.165, 1.54) is 16.4 Å². The molecule has 1 fully saturated rings. The lowest BCUT2D eigenvalue weighted by Gasteiger charge is -2.31. The van der Waals surface area contributed by atoms with Crippen LogP contribution in [-0.4, -0.2) is 38.9 Å². The first-order chi connectivity index (χ1) is 8.95. The van der Waals surface area contributed by atoms with Crippen LogP contribution in [0.1, 0.15) is 12.8 Å². The Hall–Kier alpha value is -0.210. The number of likely N-dealkylation sites (N-methyl/N-ethyl adjacent to an activating group) is 1. The Kier molecular flexibility index (Phi) is 6.40. The Balaban J connectivity index is 0.00000200. The Bertz CT molecular complexity index is 571. The Morgan fingerprint density at radius 2 is 2.15 bits per heavy atom. The summed E-state index contributed by atoms with van der Waals surface area (Å²) < 4.78 is 40.6. The molecule has 1 unspecified atom stereocenters. The van der Waals surface area contributed by atoms with Crippen LogP contribution >= 0.6 is 28.3 Å². The van der Waals surface area contributed by atoms with Crippen LogP contribution in [0.2, 0.25) is 0 Å². The van der Waals surface area contributed by atoms with Crippen LogP contribution in [0.5, 0.6) is 0 Å². The summed E-state index contributed by atoms with van der Waals surface area (Å²) in [6.45, 7) is 0.817. The number of halogens is 3. The largest absolute Gasteiger partial charge is 0.316 e. The molecule has 1 aliphatic rings. The average molecular weight is 388 g/mol. The van der Waals surface area contributed by atoms with Gasteiger partial charge in [0.25, 0.3) is 0 Å². The number of nitrogens with zero attached hydrogens (tertiary/aromatic N) is 1. The molecule has 1 N–H and O–H groups in total. The van der Waals surface area contributed by atoms with Crippen molar-refractivity contribution in [1.29, 1.82) is 0 Å². The molecule has 114 valence electrons. The fourth-order valence-corrected chi connectivity index (χ4v) is 4.34. The van der Waals surface area contributed by atoms with E-state index < -0.39 is 15.8 Å². The third kappa shape index (κ3) is 3.71. The minimum Gasteiger partial charge on any atom is -0.316 e. The van der Waals surface area contributed by atoms with E-state index in [-0.39, 0.29) is 23.3 Å². The molecule has 0 amide bonds. The SMILES string of the molecule is CNC1CCCN(S(=O)(=O)c2cc(Br)ccc2F)C1.Cl. The first-order valence-corrected chi connectivity index (χ1v) is 8.31. The Morgan fingerprint density at radius 1 is 1.45 bits per heavy atom. The molecular weight excluding hydrogens is 371 g/mol. The molecule has 1 aromatic carbocycles. The maximum Gasteiger partial charge on any atom is 0.246 e. The average Bonchev–Trinajstić information content (AvgIpc) is 2.41. The highest BCUT2D eigenvalue weighted by Gasteiger charge is 2.31. The topological polar surface area (TPSA) is 49.4 Å². The standard InChI is InChI=1S/C12H16BrFN2O2S.ClH/c1-15-10-3-2-6-16(8-10)19(17,18)12-7-9(13)4-5-11(12)14;/h4-5,7,10,15H,2-3,6,8H2,1H3;1H. The number of benzene rings is 1. The molecule has 0 aliphatic carbocycles. The second kappa shape index (κ2) is 7.17. The molecule has 8 heteroatoms. The summed E-state index contributed by atoms with van der Waals surface area (Å²) in [5.74, 6) is -0.713. The zero-order valence-electron chi connectivity index (χ0n) is 11.0. The van der Waals surface area contributed by atoms with Crippen LogP contribution in [-0.2, 0) is 10.0 Å². The van der Waals surface area contributed by atoms with Gasteiger partial charge in [-0.2, -0.15) is 4.31 Å². The molecule has 0 aromatic heterocycles. The van der Waals surface area contributed by atoms with Crippen molar-refractivity contribution in [3.8, 4) is 0 Å². The van der Waals surface area contributed by atoms with E-state index in [1.807, 2.05) is 0 Å². The van der Waals surface area contributed by atoms with Crippen LogP contribution in [0.15, 0.2) is 27.6 Å². The Labute approximate surface area is 133 Å². The quantitative estimate of drug-likeness (QED) is 0.866. The summed E-state index contributed by atoms with van der Waals surface area (Å²) in [5, 5.41) is 3.07. The van der Waals surface area contributed by atoms with Crippen molar-refractivity contribution < 1.29 is 12.8 Å². The van der Waals surface area contributed by atoms with Crippen LogP contribution in [0, 0.1) is 5.82 Å². The molecule has 0 bridgehead atoms. The normalized spacial score (nSPS) is 20.4. The number of hydrogen-bond donors (Lipinski definition) is 1. The zero-order valence-corrected chi connectivity index (χ0v) is 14.2. The van der Waals surface area contributed by atoms with Crippen molar-refractivity contribution in [3.63, 3.8) is 0 Å². The highest BCUT2D eigenvalue weighted by atomic mass is 79.9. The van der Waals surface area contributed by atoms with Gasteiger partial charge in [-0.05, 0) is 38.1 Å². The van der Waals surface area contributed by atoms with Crippen molar-refractivity contribution in [3.05, 3.63) is 28.5 Å². The van der Waals surface area contributed by atoms with E-state index in [0.717, 1.165) is 18.9 Å². The number of rotatable bonds is 3. The zero-order chi connectivity index (χ0) is 14.0. The first-order valence-electron chi connectivity index (χ1n) is 6.07. The maximum absolute atomic E-state index is 13.8. The molecule has 0 radical (unpaired) electrons. The summed E-state index contributed by atoms with van der Waals surface area (Å²) >= 11 is 3.18. The van der Waals surface area contributed by atoms with Crippen molar-refractivity contribution in [2.75, 3.05) is 20.1 Å². The van der Waals surface area contributed by atoms with Gasteiger partial charge in [0.1, 0.15) is 10.7 Å². The van der Waals surface area contributed by atoms with Gasteiger partial charge in [-0.3, -0.25) is 0 Å². The number of piperidine rings is 1. The van der Waals surface area contributed by atoms with Gasteiger partial charge < -0.3 is 5.32 Å². The van der Waals surface area contributed by atoms with E-state index in [9.17, 15) is 12.8 Å². The predicted molar refractivity (Wildman–Crippen MR) is 82.2 cm³/mol. The molecule has 2 rings (SSSR count). The summed E-state index contributed by atoms with van der Waals surface area (Å²) in [4.78, 5) is -0.265. The molecule has 1 aliphatic heterocycles. The first kappa shape index (κ1) is 17.8. The highest BCUT2D eigenvalue weighted by Crippen LogP contribution is 2.25. The van der Waals surface area contributed by atoms with Crippen molar-refractivity contribution in [1.82, 2.24) is 9.62 Å². The highest BCUT2D eigenvalue weighted by molar-refractivity contribution is 9.10. The lowest BCUT2D eigenvalue weighted by molar-refractivity contribution is 0.292. The van der Waals surface area contributed by atoms with Crippen LogP contribution in [0.4, 0.5) is 4.39 Å². The minimum absolute atomic E-state index is 0. The molecule has 1 saturated heterocycles. The van der Waals surface area contributed by atoms with Gasteiger partial charge in [0.15, 0.2) is 0 Å². The number of hydrogen-bond acceptors (Lipinski definition) is 3. The molecule has 1 aromatic rings. The molecule has 0 saturated carbocycles. The van der Waals surface area contributed by atoms with E-state index in [0.29, 0.717) is 17.6 Å². The fraction of sp³-hybridized carbons (Fsp3) is 0.500. The number of sulfonamides is 1. The lowest BCUT2D eigenvalue weighted by atomic mass is 10.1. The molecule has 0 spiro atoms. The number of nitrogens with one attached hydrogen (secondary N) is 1. The van der Waals surface area contributed by atoms with Crippen molar-refractivity contribution in [2.24, 2.45) is 0 Å². The fourth-order valence-electron chi connectivity index (χ4n) is 2.21. The summed E-state index contributed by atoms with van der Waals surface area (Å²) in [6, 6.07) is 4.09. The van der Waals surface area contributed by atoms with E-state index in [2.05, 4.69) is 21.2 Å². The second-order valence-electron chi connectivity index (χ2n) is 4.57. The molecule has 4 nitrogen and oxygen atoms in total. The van der Waals surface area contributed by atoms with E-state index in [4.69, 9.17) is 0 Å². The minimum atomic E-state index is -3.77. The van der Waals surface area contributed by atoms with E-state index >= 15 is 0 Å². The molecule has 1 heterocycles. The smallest absolute Gasteiger partial charge is 0.246 e. The van der Waals surface area contributed by atoms with Gasteiger partial charge in [-0.25, -0.2) is 12.8 Å². The van der Waals surface area contributed by atoms with Crippen LogP contribution < -0.4 is 5.32 Å². The monoisotopic (exact) mass is 386 g/mol. The maximum atomic E-state index is 13.8.